The molecule has 8 heteroatoms. The Balaban J connectivity index is 1.72. The maximum absolute atomic E-state index is 12.9. The summed E-state index contributed by atoms with van der Waals surface area (Å²) in [5, 5.41) is 13.6. The molecule has 7 nitrogen and oxygen atoms in total. The zero-order valence-corrected chi connectivity index (χ0v) is 15.4. The molecule has 3 heterocycles. The van der Waals surface area contributed by atoms with Gasteiger partial charge < -0.3 is 4.90 Å². The second kappa shape index (κ2) is 7.23. The number of rotatable bonds is 3. The minimum Gasteiger partial charge on any atom is -0.336 e. The lowest BCUT2D eigenvalue weighted by Crippen LogP contribution is -2.36. The fourth-order valence-electron chi connectivity index (χ4n) is 2.92. The van der Waals surface area contributed by atoms with Crippen LogP contribution in [-0.4, -0.2) is 42.4 Å². The van der Waals surface area contributed by atoms with Crippen molar-refractivity contribution in [2.24, 2.45) is 0 Å². The molecule has 0 unspecified atom stereocenters. The van der Waals surface area contributed by atoms with E-state index in [4.69, 9.17) is 5.26 Å². The van der Waals surface area contributed by atoms with Gasteiger partial charge in [-0.15, -0.1) is 0 Å². The fourth-order valence-corrected chi connectivity index (χ4v) is 3.88. The standard InChI is InChI=1S/C17H20N6OS/c1-11-7-12(2)20-17(19-11)25-13(3)16(24)22-5-4-6-23-15(10-22)8-14(9-18)21-23/h7-8,13H,4-6,10H2,1-3H3/t13-/m1/s1. The first-order valence-electron chi connectivity index (χ1n) is 8.21. The van der Waals surface area contributed by atoms with Gasteiger partial charge in [0.05, 0.1) is 17.5 Å². The molecule has 0 saturated carbocycles. The molecule has 0 aliphatic carbocycles. The third kappa shape index (κ3) is 3.99. The Hall–Kier alpha value is -2.40. The summed E-state index contributed by atoms with van der Waals surface area (Å²) >= 11 is 1.38. The Morgan fingerprint density at radius 1 is 1.28 bits per heavy atom. The van der Waals surface area contributed by atoms with E-state index in [9.17, 15) is 4.79 Å². The quantitative estimate of drug-likeness (QED) is 0.618. The number of hydrogen-bond acceptors (Lipinski definition) is 6. The second-order valence-corrected chi connectivity index (χ2v) is 7.47. The van der Waals surface area contributed by atoms with E-state index in [1.54, 1.807) is 6.07 Å². The van der Waals surface area contributed by atoms with Crippen molar-refractivity contribution in [2.45, 2.75) is 50.7 Å². The summed E-state index contributed by atoms with van der Waals surface area (Å²) in [5.74, 6) is 0.0564. The lowest BCUT2D eigenvalue weighted by Gasteiger charge is -2.23. The lowest BCUT2D eigenvalue weighted by atomic mass is 10.3. The maximum atomic E-state index is 12.9. The van der Waals surface area contributed by atoms with Gasteiger partial charge in [-0.1, -0.05) is 11.8 Å². The van der Waals surface area contributed by atoms with Gasteiger partial charge in [0.15, 0.2) is 10.9 Å². The number of fused-ring (bicyclic) bond motifs is 1. The molecule has 130 valence electrons. The van der Waals surface area contributed by atoms with E-state index in [0.717, 1.165) is 30.0 Å². The fraction of sp³-hybridized carbons (Fsp3) is 0.471. The van der Waals surface area contributed by atoms with Crippen LogP contribution < -0.4 is 0 Å². The second-order valence-electron chi connectivity index (χ2n) is 6.16. The molecular formula is C17H20N6OS. The number of carbonyl (C=O) groups excluding carboxylic acids is 1. The van der Waals surface area contributed by atoms with Gasteiger partial charge in [-0.2, -0.15) is 10.4 Å². The third-order valence-corrected chi connectivity index (χ3v) is 4.98. The van der Waals surface area contributed by atoms with E-state index in [1.807, 2.05) is 36.4 Å². The summed E-state index contributed by atoms with van der Waals surface area (Å²) in [6.45, 7) is 7.62. The summed E-state index contributed by atoms with van der Waals surface area (Å²) in [5.41, 5.74) is 3.10. The molecule has 1 amide bonds. The van der Waals surface area contributed by atoms with Crippen LogP contribution in [0.15, 0.2) is 17.3 Å². The Kier molecular flexibility index (Phi) is 5.04. The van der Waals surface area contributed by atoms with Crippen LogP contribution in [0.1, 0.15) is 36.1 Å². The topological polar surface area (TPSA) is 87.7 Å². The molecule has 3 rings (SSSR count). The van der Waals surface area contributed by atoms with Crippen LogP contribution in [0, 0.1) is 25.2 Å². The summed E-state index contributed by atoms with van der Waals surface area (Å²) in [4.78, 5) is 23.5. The van der Waals surface area contributed by atoms with Crippen molar-refractivity contribution in [3.8, 4) is 6.07 Å². The van der Waals surface area contributed by atoms with Crippen LogP contribution in [0.4, 0.5) is 0 Å². The summed E-state index contributed by atoms with van der Waals surface area (Å²) < 4.78 is 1.83. The molecular weight excluding hydrogens is 336 g/mol. The molecule has 0 aromatic carbocycles. The highest BCUT2D eigenvalue weighted by atomic mass is 32.2. The molecule has 0 bridgehead atoms. The first-order chi connectivity index (χ1) is 12.0. The van der Waals surface area contributed by atoms with Gasteiger partial charge in [0.2, 0.25) is 5.91 Å². The van der Waals surface area contributed by atoms with E-state index in [2.05, 4.69) is 21.1 Å². The molecule has 0 radical (unpaired) electrons. The van der Waals surface area contributed by atoms with Crippen molar-refractivity contribution in [3.63, 3.8) is 0 Å². The summed E-state index contributed by atoms with van der Waals surface area (Å²) in [6.07, 6.45) is 0.822. The van der Waals surface area contributed by atoms with Crippen LogP contribution in [0.5, 0.6) is 0 Å². The summed E-state index contributed by atoms with van der Waals surface area (Å²) in [6, 6.07) is 5.73. The largest absolute Gasteiger partial charge is 0.336 e. The Morgan fingerprint density at radius 3 is 2.68 bits per heavy atom. The molecule has 1 aliphatic rings. The number of aromatic nitrogens is 4. The number of amides is 1. The highest BCUT2D eigenvalue weighted by Crippen LogP contribution is 2.23. The number of carbonyl (C=O) groups is 1. The molecule has 25 heavy (non-hydrogen) atoms. The Morgan fingerprint density at radius 2 is 2.00 bits per heavy atom. The minimum atomic E-state index is -0.272. The zero-order valence-electron chi connectivity index (χ0n) is 14.6. The highest BCUT2D eigenvalue weighted by molar-refractivity contribution is 8.00. The predicted molar refractivity (Wildman–Crippen MR) is 93.8 cm³/mol. The number of hydrogen-bond donors (Lipinski definition) is 0. The van der Waals surface area contributed by atoms with Crippen LogP contribution in [0.3, 0.4) is 0 Å². The van der Waals surface area contributed by atoms with E-state index < -0.39 is 0 Å². The zero-order chi connectivity index (χ0) is 18.0. The van der Waals surface area contributed by atoms with Gasteiger partial charge in [-0.05, 0) is 39.3 Å². The average molecular weight is 356 g/mol. The molecule has 0 saturated heterocycles. The van der Waals surface area contributed by atoms with Crippen molar-refractivity contribution in [3.05, 3.63) is 34.9 Å². The van der Waals surface area contributed by atoms with Crippen LogP contribution in [0.25, 0.3) is 0 Å². The van der Waals surface area contributed by atoms with E-state index in [-0.39, 0.29) is 11.2 Å². The molecule has 1 aliphatic heterocycles. The molecule has 0 fully saturated rings. The van der Waals surface area contributed by atoms with Crippen molar-refractivity contribution in [1.29, 1.82) is 5.26 Å². The van der Waals surface area contributed by atoms with E-state index in [1.165, 1.54) is 11.8 Å². The SMILES string of the molecule is Cc1cc(C)nc(S[C@H](C)C(=O)N2CCCn3nc(C#N)cc3C2)n1. The number of nitrogens with zero attached hydrogens (tertiary/aromatic N) is 6. The van der Waals surface area contributed by atoms with Gasteiger partial charge in [-0.3, -0.25) is 9.48 Å². The average Bonchev–Trinajstić information content (AvgIpc) is 2.84. The van der Waals surface area contributed by atoms with Crippen molar-refractivity contribution >= 4 is 17.7 Å². The number of nitriles is 1. The highest BCUT2D eigenvalue weighted by Gasteiger charge is 2.25. The molecule has 2 aromatic rings. The molecule has 0 N–H and O–H groups in total. The van der Waals surface area contributed by atoms with Crippen LogP contribution in [0.2, 0.25) is 0 Å². The predicted octanol–water partition coefficient (Wildman–Crippen LogP) is 2.07. The maximum Gasteiger partial charge on any atom is 0.236 e. The van der Waals surface area contributed by atoms with Gasteiger partial charge in [0.25, 0.3) is 0 Å². The van der Waals surface area contributed by atoms with Crippen molar-refractivity contribution in [1.82, 2.24) is 24.6 Å². The first kappa shape index (κ1) is 17.4. The number of aryl methyl sites for hydroxylation is 3. The van der Waals surface area contributed by atoms with Gasteiger partial charge in [0.1, 0.15) is 6.07 Å². The van der Waals surface area contributed by atoms with E-state index >= 15 is 0 Å². The monoisotopic (exact) mass is 356 g/mol. The van der Waals surface area contributed by atoms with Gasteiger partial charge >= 0.3 is 0 Å². The van der Waals surface area contributed by atoms with Crippen molar-refractivity contribution < 1.29 is 4.79 Å². The van der Waals surface area contributed by atoms with Gasteiger partial charge in [0, 0.05) is 24.5 Å². The van der Waals surface area contributed by atoms with Crippen LogP contribution in [-0.2, 0) is 17.9 Å². The van der Waals surface area contributed by atoms with Gasteiger partial charge in [-0.25, -0.2) is 9.97 Å². The number of thioether (sulfide) groups is 1. The Bertz CT molecular complexity index is 820. The van der Waals surface area contributed by atoms with E-state index in [0.29, 0.717) is 23.9 Å². The Labute approximate surface area is 151 Å². The smallest absolute Gasteiger partial charge is 0.236 e. The lowest BCUT2D eigenvalue weighted by molar-refractivity contribution is -0.130. The van der Waals surface area contributed by atoms with Crippen molar-refractivity contribution in [2.75, 3.05) is 6.54 Å². The summed E-state index contributed by atoms with van der Waals surface area (Å²) in [7, 11) is 0. The van der Waals surface area contributed by atoms with Crippen LogP contribution >= 0.6 is 11.8 Å². The first-order valence-corrected chi connectivity index (χ1v) is 9.09. The third-order valence-electron chi connectivity index (χ3n) is 4.03. The minimum absolute atomic E-state index is 0.0564. The molecule has 0 spiro atoms. The normalized spacial score (nSPS) is 15.2. The molecule has 1 atom stereocenters. The molecule has 2 aromatic heterocycles.